The minimum Gasteiger partial charge on any atom is -0.497 e. The molecule has 3 nitrogen and oxygen atoms in total. The monoisotopic (exact) mass is 203 g/mol. The zero-order valence-electron chi connectivity index (χ0n) is 9.07. The second kappa shape index (κ2) is 3.42. The molecule has 0 N–H and O–H groups in total. The fraction of sp³-hybridized carbons (Fsp3) is 0.250. The minimum atomic E-state index is 0.721. The highest BCUT2D eigenvalue weighted by Gasteiger charge is 2.11. The molecule has 0 saturated carbocycles. The van der Waals surface area contributed by atoms with Crippen LogP contribution in [0.15, 0.2) is 18.2 Å². The van der Waals surface area contributed by atoms with Crippen LogP contribution in [-0.2, 0) is 7.05 Å². The van der Waals surface area contributed by atoms with E-state index in [1.807, 2.05) is 36.7 Å². The minimum absolute atomic E-state index is 0.721. The van der Waals surface area contributed by atoms with Gasteiger partial charge in [-0.25, -0.2) is 0 Å². The van der Waals surface area contributed by atoms with Crippen LogP contribution in [0.25, 0.3) is 10.9 Å². The maximum Gasteiger partial charge on any atom is 0.166 e. The number of hydrogen-bond acceptors (Lipinski definition) is 2. The van der Waals surface area contributed by atoms with Crippen molar-refractivity contribution in [3.05, 3.63) is 29.5 Å². The fourth-order valence-corrected chi connectivity index (χ4v) is 1.92. The summed E-state index contributed by atoms with van der Waals surface area (Å²) in [5, 5.41) is 1.07. The van der Waals surface area contributed by atoms with Crippen molar-refractivity contribution in [2.75, 3.05) is 7.11 Å². The zero-order chi connectivity index (χ0) is 11.0. The van der Waals surface area contributed by atoms with Gasteiger partial charge < -0.3 is 9.30 Å². The van der Waals surface area contributed by atoms with Gasteiger partial charge in [-0.3, -0.25) is 4.79 Å². The van der Waals surface area contributed by atoms with E-state index in [1.165, 1.54) is 0 Å². The van der Waals surface area contributed by atoms with E-state index in [9.17, 15) is 4.79 Å². The zero-order valence-corrected chi connectivity index (χ0v) is 9.07. The number of aromatic nitrogens is 1. The van der Waals surface area contributed by atoms with Crippen LogP contribution in [0.4, 0.5) is 0 Å². The van der Waals surface area contributed by atoms with Crippen LogP contribution in [0.1, 0.15) is 16.1 Å². The smallest absolute Gasteiger partial charge is 0.166 e. The average Bonchev–Trinajstić information content (AvgIpc) is 2.51. The summed E-state index contributed by atoms with van der Waals surface area (Å²) in [7, 11) is 3.53. The molecule has 1 aromatic carbocycles. The molecule has 15 heavy (non-hydrogen) atoms. The van der Waals surface area contributed by atoms with Crippen LogP contribution in [0.2, 0.25) is 0 Å². The second-order valence-electron chi connectivity index (χ2n) is 3.57. The fourth-order valence-electron chi connectivity index (χ4n) is 1.92. The van der Waals surface area contributed by atoms with Crippen molar-refractivity contribution in [2.45, 2.75) is 6.92 Å². The predicted molar refractivity (Wildman–Crippen MR) is 59.6 cm³/mol. The van der Waals surface area contributed by atoms with Gasteiger partial charge in [0.2, 0.25) is 0 Å². The number of aryl methyl sites for hydroxylation is 2. The molecule has 0 unspecified atom stereocenters. The highest BCUT2D eigenvalue weighted by atomic mass is 16.5. The van der Waals surface area contributed by atoms with Gasteiger partial charge in [0.05, 0.1) is 12.8 Å². The number of nitrogens with zero attached hydrogens (tertiary/aromatic N) is 1. The van der Waals surface area contributed by atoms with Crippen molar-refractivity contribution in [3.63, 3.8) is 0 Å². The Kier molecular flexibility index (Phi) is 2.23. The lowest BCUT2D eigenvalue weighted by atomic mass is 10.1. The number of aldehydes is 1. The molecule has 0 aliphatic carbocycles. The molecule has 0 spiro atoms. The maximum atomic E-state index is 10.9. The third-order valence-electron chi connectivity index (χ3n) is 2.83. The first-order chi connectivity index (χ1) is 7.19. The van der Waals surface area contributed by atoms with E-state index in [0.717, 1.165) is 34.2 Å². The Morgan fingerprint density at radius 2 is 2.13 bits per heavy atom. The van der Waals surface area contributed by atoms with Crippen LogP contribution in [-0.4, -0.2) is 18.0 Å². The summed E-state index contributed by atoms with van der Waals surface area (Å²) < 4.78 is 7.06. The number of fused-ring (bicyclic) bond motifs is 1. The van der Waals surface area contributed by atoms with Crippen LogP contribution < -0.4 is 4.74 Å². The molecule has 0 aliphatic heterocycles. The average molecular weight is 203 g/mol. The topological polar surface area (TPSA) is 31.2 Å². The van der Waals surface area contributed by atoms with Crippen molar-refractivity contribution in [1.29, 1.82) is 0 Å². The van der Waals surface area contributed by atoms with Crippen molar-refractivity contribution in [3.8, 4) is 5.75 Å². The van der Waals surface area contributed by atoms with Gasteiger partial charge in [0, 0.05) is 18.0 Å². The Morgan fingerprint density at radius 3 is 2.73 bits per heavy atom. The summed E-state index contributed by atoms with van der Waals surface area (Å²) in [6.07, 6.45) is 0.891. The van der Waals surface area contributed by atoms with E-state index in [2.05, 4.69) is 0 Å². The molecule has 0 fully saturated rings. The Hall–Kier alpha value is -1.77. The first kappa shape index (κ1) is 9.77. The first-order valence-electron chi connectivity index (χ1n) is 4.77. The highest BCUT2D eigenvalue weighted by molar-refractivity contribution is 5.93. The van der Waals surface area contributed by atoms with E-state index < -0.39 is 0 Å². The molecule has 0 amide bonds. The van der Waals surface area contributed by atoms with E-state index >= 15 is 0 Å². The van der Waals surface area contributed by atoms with Crippen LogP contribution in [0.3, 0.4) is 0 Å². The molecule has 3 heteroatoms. The summed E-state index contributed by atoms with van der Waals surface area (Å²) in [5.41, 5.74) is 2.77. The van der Waals surface area contributed by atoms with Crippen molar-refractivity contribution in [2.24, 2.45) is 7.05 Å². The van der Waals surface area contributed by atoms with Gasteiger partial charge in [-0.05, 0) is 30.7 Å². The van der Waals surface area contributed by atoms with Crippen molar-refractivity contribution in [1.82, 2.24) is 4.57 Å². The maximum absolute atomic E-state index is 10.9. The molecule has 0 aliphatic rings. The molecule has 2 aromatic rings. The number of methoxy groups -OCH3 is 1. The standard InChI is InChI=1S/C12H13NO2/c1-8-10-6-9(15-3)4-5-11(10)13(2)12(8)7-14/h4-7H,1-3H3. The Bertz CT molecular complexity index is 526. The molecule has 0 saturated heterocycles. The number of ether oxygens (including phenoxy) is 1. The summed E-state index contributed by atoms with van der Waals surface area (Å²) in [6.45, 7) is 1.95. The number of carbonyl (C=O) groups is 1. The SMILES string of the molecule is COc1ccc2c(c1)c(C)c(C=O)n2C. The van der Waals surface area contributed by atoms with Gasteiger partial charge in [-0.15, -0.1) is 0 Å². The summed E-state index contributed by atoms with van der Waals surface area (Å²) >= 11 is 0. The third-order valence-corrected chi connectivity index (χ3v) is 2.83. The Morgan fingerprint density at radius 1 is 1.40 bits per heavy atom. The van der Waals surface area contributed by atoms with Gasteiger partial charge in [-0.1, -0.05) is 0 Å². The Labute approximate surface area is 88.3 Å². The number of benzene rings is 1. The summed E-state index contributed by atoms with van der Waals surface area (Å²) in [5.74, 6) is 0.814. The molecule has 78 valence electrons. The van der Waals surface area contributed by atoms with E-state index in [-0.39, 0.29) is 0 Å². The van der Waals surface area contributed by atoms with Crippen LogP contribution in [0, 0.1) is 6.92 Å². The lowest BCUT2D eigenvalue weighted by Crippen LogP contribution is -1.94. The van der Waals surface area contributed by atoms with Gasteiger partial charge in [0.1, 0.15) is 5.75 Å². The molecule has 1 heterocycles. The van der Waals surface area contributed by atoms with Crippen LogP contribution >= 0.6 is 0 Å². The normalized spacial score (nSPS) is 10.6. The van der Waals surface area contributed by atoms with E-state index in [4.69, 9.17) is 4.74 Å². The number of carbonyl (C=O) groups excluding carboxylic acids is 1. The molecular formula is C12H13NO2. The van der Waals surface area contributed by atoms with E-state index in [0.29, 0.717) is 0 Å². The summed E-state index contributed by atoms with van der Waals surface area (Å²) in [4.78, 5) is 10.9. The van der Waals surface area contributed by atoms with Crippen molar-refractivity contribution < 1.29 is 9.53 Å². The highest BCUT2D eigenvalue weighted by Crippen LogP contribution is 2.27. The molecule has 2 rings (SSSR count). The second-order valence-corrected chi connectivity index (χ2v) is 3.57. The largest absolute Gasteiger partial charge is 0.497 e. The number of hydrogen-bond donors (Lipinski definition) is 0. The summed E-state index contributed by atoms with van der Waals surface area (Å²) in [6, 6.07) is 5.82. The number of rotatable bonds is 2. The quantitative estimate of drug-likeness (QED) is 0.701. The predicted octanol–water partition coefficient (Wildman–Crippen LogP) is 2.31. The molecule has 0 bridgehead atoms. The van der Waals surface area contributed by atoms with Gasteiger partial charge in [0.15, 0.2) is 6.29 Å². The molecular weight excluding hydrogens is 190 g/mol. The first-order valence-corrected chi connectivity index (χ1v) is 4.77. The molecule has 1 aromatic heterocycles. The lowest BCUT2D eigenvalue weighted by Gasteiger charge is -2.00. The third kappa shape index (κ3) is 1.31. The molecule has 0 radical (unpaired) electrons. The molecule has 0 atom stereocenters. The van der Waals surface area contributed by atoms with Crippen molar-refractivity contribution >= 4 is 17.2 Å². The van der Waals surface area contributed by atoms with E-state index in [1.54, 1.807) is 7.11 Å². The lowest BCUT2D eigenvalue weighted by molar-refractivity contribution is 0.111. The van der Waals surface area contributed by atoms with Crippen LogP contribution in [0.5, 0.6) is 5.75 Å². The van der Waals surface area contributed by atoms with Gasteiger partial charge in [-0.2, -0.15) is 0 Å². The van der Waals surface area contributed by atoms with Gasteiger partial charge >= 0.3 is 0 Å². The Balaban J connectivity index is 2.83. The van der Waals surface area contributed by atoms with Gasteiger partial charge in [0.25, 0.3) is 0 Å².